The number of rotatable bonds is 11. The standard InChI is InChI=1S/C21H27N7O4S/c1-13-9-14-15(32-12-31-14)10-16(13)33-21-26-18-19(22-2)24-11-25-20(18)28(21)8-7-23-6-4-3-5-17(29)27-30/h9-11,23,30H,3-8,12H2,1-2H3,(H,27,29)(H,22,24,25). The minimum atomic E-state index is -0.361. The summed E-state index contributed by atoms with van der Waals surface area (Å²) >= 11 is 1.55. The van der Waals surface area contributed by atoms with E-state index in [1.807, 2.05) is 26.1 Å². The first-order valence-corrected chi connectivity index (χ1v) is 11.5. The summed E-state index contributed by atoms with van der Waals surface area (Å²) in [7, 11) is 1.81. The molecule has 1 aliphatic rings. The number of aromatic nitrogens is 4. The average molecular weight is 474 g/mol. The molecule has 0 atom stereocenters. The van der Waals surface area contributed by atoms with Gasteiger partial charge in [-0.1, -0.05) is 11.8 Å². The first-order valence-electron chi connectivity index (χ1n) is 10.7. The van der Waals surface area contributed by atoms with Gasteiger partial charge in [0.05, 0.1) is 0 Å². The van der Waals surface area contributed by atoms with Crippen molar-refractivity contribution in [1.82, 2.24) is 30.3 Å². The lowest BCUT2D eigenvalue weighted by Crippen LogP contribution is -2.22. The van der Waals surface area contributed by atoms with Gasteiger partial charge in [-0.2, -0.15) is 0 Å². The Balaban J connectivity index is 1.49. The molecule has 4 N–H and O–H groups in total. The van der Waals surface area contributed by atoms with Crippen LogP contribution in [-0.2, 0) is 11.3 Å². The van der Waals surface area contributed by atoms with Crippen molar-refractivity contribution in [1.29, 1.82) is 0 Å². The van der Waals surface area contributed by atoms with E-state index in [0.717, 1.165) is 51.2 Å². The van der Waals surface area contributed by atoms with Crippen LogP contribution >= 0.6 is 11.8 Å². The Hall–Kier alpha value is -3.09. The number of amides is 1. The maximum absolute atomic E-state index is 11.1. The summed E-state index contributed by atoms with van der Waals surface area (Å²) in [6, 6.07) is 3.96. The lowest BCUT2D eigenvalue weighted by molar-refractivity contribution is -0.129. The highest BCUT2D eigenvalue weighted by Gasteiger charge is 2.20. The smallest absolute Gasteiger partial charge is 0.243 e. The van der Waals surface area contributed by atoms with Crippen molar-refractivity contribution in [2.75, 3.05) is 32.2 Å². The van der Waals surface area contributed by atoms with Crippen molar-refractivity contribution in [3.63, 3.8) is 0 Å². The predicted octanol–water partition coefficient (Wildman–Crippen LogP) is 2.32. The van der Waals surface area contributed by atoms with Crippen LogP contribution in [0.2, 0.25) is 0 Å². The molecule has 0 radical (unpaired) electrons. The first kappa shape index (κ1) is 23.1. The molecule has 0 spiro atoms. The van der Waals surface area contributed by atoms with Gasteiger partial charge in [0.15, 0.2) is 33.6 Å². The highest BCUT2D eigenvalue weighted by molar-refractivity contribution is 7.99. The van der Waals surface area contributed by atoms with Gasteiger partial charge in [-0.15, -0.1) is 0 Å². The molecule has 11 nitrogen and oxygen atoms in total. The molecule has 1 amide bonds. The van der Waals surface area contributed by atoms with Gasteiger partial charge in [0.2, 0.25) is 12.7 Å². The highest BCUT2D eigenvalue weighted by atomic mass is 32.2. The van der Waals surface area contributed by atoms with E-state index >= 15 is 0 Å². The zero-order valence-corrected chi connectivity index (χ0v) is 19.4. The summed E-state index contributed by atoms with van der Waals surface area (Å²) in [5, 5.41) is 15.8. The number of benzene rings is 1. The number of anilines is 1. The van der Waals surface area contributed by atoms with Crippen LogP contribution in [0.15, 0.2) is 28.5 Å². The van der Waals surface area contributed by atoms with E-state index in [0.29, 0.717) is 31.7 Å². The maximum atomic E-state index is 11.1. The van der Waals surface area contributed by atoms with E-state index in [-0.39, 0.29) is 12.7 Å². The Labute approximate surface area is 195 Å². The van der Waals surface area contributed by atoms with Crippen LogP contribution in [0.5, 0.6) is 11.5 Å². The fourth-order valence-electron chi connectivity index (χ4n) is 3.52. The third-order valence-electron chi connectivity index (χ3n) is 5.25. The van der Waals surface area contributed by atoms with E-state index < -0.39 is 0 Å². The number of nitrogens with zero attached hydrogens (tertiary/aromatic N) is 4. The number of aryl methyl sites for hydroxylation is 1. The van der Waals surface area contributed by atoms with Crippen molar-refractivity contribution >= 4 is 34.7 Å². The number of hydroxylamine groups is 1. The summed E-state index contributed by atoms with van der Waals surface area (Å²) in [6.07, 6.45) is 3.38. The molecule has 12 heteroatoms. The number of hydrogen-bond donors (Lipinski definition) is 4. The number of unbranched alkanes of at least 4 members (excludes halogenated alkanes) is 1. The number of ether oxygens (including phenoxy) is 2. The van der Waals surface area contributed by atoms with Gasteiger partial charge >= 0.3 is 0 Å². The van der Waals surface area contributed by atoms with Crippen LogP contribution in [0.25, 0.3) is 11.2 Å². The monoisotopic (exact) mass is 473 g/mol. The summed E-state index contributed by atoms with van der Waals surface area (Å²) in [6.45, 7) is 4.42. The van der Waals surface area contributed by atoms with Crippen LogP contribution in [-0.4, -0.2) is 57.6 Å². The van der Waals surface area contributed by atoms with Gasteiger partial charge in [0.1, 0.15) is 6.33 Å². The lowest BCUT2D eigenvalue weighted by atomic mass is 10.2. The molecule has 33 heavy (non-hydrogen) atoms. The molecule has 4 rings (SSSR count). The van der Waals surface area contributed by atoms with Crippen molar-refractivity contribution in [3.05, 3.63) is 24.0 Å². The van der Waals surface area contributed by atoms with E-state index in [1.165, 1.54) is 6.33 Å². The van der Waals surface area contributed by atoms with Gasteiger partial charge < -0.3 is 24.7 Å². The average Bonchev–Trinajstić information content (AvgIpc) is 3.42. The molecule has 0 aliphatic carbocycles. The fraction of sp³-hybridized carbons (Fsp3) is 0.429. The van der Waals surface area contributed by atoms with E-state index in [1.54, 1.807) is 17.2 Å². The quantitative estimate of drug-likeness (QED) is 0.187. The Bertz CT molecular complexity index is 1140. The number of hydrogen-bond acceptors (Lipinski definition) is 10. The van der Waals surface area contributed by atoms with E-state index in [2.05, 4.69) is 25.2 Å². The molecule has 0 saturated heterocycles. The largest absolute Gasteiger partial charge is 0.454 e. The van der Waals surface area contributed by atoms with Crippen LogP contribution in [0.1, 0.15) is 24.8 Å². The zero-order valence-electron chi connectivity index (χ0n) is 18.6. The van der Waals surface area contributed by atoms with Gasteiger partial charge in [-0.05, 0) is 44.0 Å². The summed E-state index contributed by atoms with van der Waals surface area (Å²) in [5.41, 5.74) is 4.21. The molecule has 0 unspecified atom stereocenters. The molecule has 0 fully saturated rings. The number of fused-ring (bicyclic) bond motifs is 2. The summed E-state index contributed by atoms with van der Waals surface area (Å²) in [5.74, 6) is 1.81. The van der Waals surface area contributed by atoms with Gasteiger partial charge in [-0.25, -0.2) is 20.4 Å². The lowest BCUT2D eigenvalue weighted by Gasteiger charge is -2.11. The Morgan fingerprint density at radius 3 is 2.82 bits per heavy atom. The van der Waals surface area contributed by atoms with Crippen molar-refractivity contribution in [2.24, 2.45) is 0 Å². The molecule has 0 bridgehead atoms. The molecular formula is C21H27N7O4S. The first-order chi connectivity index (χ1) is 16.1. The molecule has 3 heterocycles. The molecule has 1 aliphatic heterocycles. The summed E-state index contributed by atoms with van der Waals surface area (Å²) < 4.78 is 13.1. The van der Waals surface area contributed by atoms with Crippen LogP contribution in [0.4, 0.5) is 5.82 Å². The Kier molecular flexibility index (Phi) is 7.47. The zero-order chi connectivity index (χ0) is 23.2. The van der Waals surface area contributed by atoms with Crippen LogP contribution < -0.4 is 25.6 Å². The maximum Gasteiger partial charge on any atom is 0.243 e. The van der Waals surface area contributed by atoms with Gasteiger partial charge in [0.25, 0.3) is 0 Å². The van der Waals surface area contributed by atoms with Crippen molar-refractivity contribution in [2.45, 2.75) is 42.8 Å². The van der Waals surface area contributed by atoms with Crippen molar-refractivity contribution < 1.29 is 19.5 Å². The third kappa shape index (κ3) is 5.29. The fourth-order valence-corrected chi connectivity index (χ4v) is 4.53. The van der Waals surface area contributed by atoms with Gasteiger partial charge in [-0.3, -0.25) is 10.0 Å². The molecule has 1 aromatic carbocycles. The number of carbonyl (C=O) groups excluding carboxylic acids is 1. The van der Waals surface area contributed by atoms with E-state index in [9.17, 15) is 4.79 Å². The number of imidazole rings is 1. The Morgan fingerprint density at radius 1 is 1.21 bits per heavy atom. The second-order valence-corrected chi connectivity index (χ2v) is 8.51. The molecule has 2 aromatic heterocycles. The minimum Gasteiger partial charge on any atom is -0.454 e. The molecular weight excluding hydrogens is 446 g/mol. The van der Waals surface area contributed by atoms with Crippen LogP contribution in [0, 0.1) is 6.92 Å². The molecule has 0 saturated carbocycles. The number of carbonyl (C=O) groups is 1. The van der Waals surface area contributed by atoms with Crippen LogP contribution in [0.3, 0.4) is 0 Å². The Morgan fingerprint density at radius 2 is 2.03 bits per heavy atom. The molecule has 176 valence electrons. The topological polar surface area (TPSA) is 135 Å². The number of nitrogens with one attached hydrogen (secondary N) is 3. The van der Waals surface area contributed by atoms with Crippen molar-refractivity contribution in [3.8, 4) is 11.5 Å². The summed E-state index contributed by atoms with van der Waals surface area (Å²) in [4.78, 5) is 25.7. The SMILES string of the molecule is CNc1ncnc2c1nc(Sc1cc3c(cc1C)OCO3)n2CCNCCCCC(=O)NO. The highest BCUT2D eigenvalue weighted by Crippen LogP contribution is 2.40. The normalized spacial score (nSPS) is 12.3. The second kappa shape index (κ2) is 10.7. The minimum absolute atomic E-state index is 0.235. The second-order valence-electron chi connectivity index (χ2n) is 7.51. The molecule has 3 aromatic rings. The third-order valence-corrected chi connectivity index (χ3v) is 6.40. The predicted molar refractivity (Wildman–Crippen MR) is 123 cm³/mol. The van der Waals surface area contributed by atoms with E-state index in [4.69, 9.17) is 19.7 Å². The van der Waals surface area contributed by atoms with Gasteiger partial charge in [0, 0.05) is 31.5 Å².